The highest BCUT2D eigenvalue weighted by Gasteiger charge is 2.20. The van der Waals surface area contributed by atoms with Gasteiger partial charge in [-0.3, -0.25) is 0 Å². The second kappa shape index (κ2) is 5.16. The van der Waals surface area contributed by atoms with Crippen LogP contribution >= 0.6 is 11.8 Å². The lowest BCUT2D eigenvalue weighted by Gasteiger charge is -2.11. The quantitative estimate of drug-likeness (QED) is 0.493. The molecule has 0 spiro atoms. The van der Waals surface area contributed by atoms with Crippen LogP contribution in [0.15, 0.2) is 5.03 Å². The summed E-state index contributed by atoms with van der Waals surface area (Å²) in [6.45, 7) is 3.94. The lowest BCUT2D eigenvalue weighted by atomic mass is 10.2. The van der Waals surface area contributed by atoms with Gasteiger partial charge in [-0.1, -0.05) is 13.8 Å². The lowest BCUT2D eigenvalue weighted by Crippen LogP contribution is -2.13. The van der Waals surface area contributed by atoms with Crippen LogP contribution in [0.2, 0.25) is 0 Å². The monoisotopic (exact) mass is 241 g/mol. The molecule has 0 aliphatic carbocycles. The van der Waals surface area contributed by atoms with E-state index in [2.05, 4.69) is 14.7 Å². The van der Waals surface area contributed by atoms with Gasteiger partial charge in [-0.05, 0) is 6.26 Å². The summed E-state index contributed by atoms with van der Waals surface area (Å²) in [6, 6.07) is 0. The molecule has 0 aliphatic heterocycles. The van der Waals surface area contributed by atoms with Gasteiger partial charge < -0.3 is 10.5 Å². The molecule has 16 heavy (non-hydrogen) atoms. The normalized spacial score (nSPS) is 10.6. The van der Waals surface area contributed by atoms with Crippen molar-refractivity contribution in [3.05, 3.63) is 11.4 Å². The number of hydrogen-bond donors (Lipinski definition) is 1. The standard InChI is InChI=1S/C10H15N3O2S/c1-5(2)8-12-7(11)6(10(14)15-3)9(13-8)16-4/h5H,1-4H3,(H2,11,12,13). The zero-order valence-electron chi connectivity index (χ0n) is 9.77. The molecule has 1 heterocycles. The molecule has 2 N–H and O–H groups in total. The Bertz CT molecular complexity index is 407. The highest BCUT2D eigenvalue weighted by atomic mass is 32.2. The second-order valence-corrected chi connectivity index (χ2v) is 4.29. The van der Waals surface area contributed by atoms with Gasteiger partial charge in [0.2, 0.25) is 0 Å². The third kappa shape index (κ3) is 2.44. The number of nitrogen functional groups attached to an aromatic ring is 1. The molecular formula is C10H15N3O2S. The van der Waals surface area contributed by atoms with Crippen LogP contribution in [-0.4, -0.2) is 29.3 Å². The second-order valence-electron chi connectivity index (χ2n) is 3.50. The van der Waals surface area contributed by atoms with Crippen LogP contribution in [0.4, 0.5) is 5.82 Å². The molecule has 6 heteroatoms. The van der Waals surface area contributed by atoms with Crippen molar-refractivity contribution in [3.63, 3.8) is 0 Å². The van der Waals surface area contributed by atoms with E-state index in [0.29, 0.717) is 10.9 Å². The van der Waals surface area contributed by atoms with E-state index in [0.717, 1.165) is 0 Å². The smallest absolute Gasteiger partial charge is 0.344 e. The number of nitrogens with zero attached hydrogens (tertiary/aromatic N) is 2. The van der Waals surface area contributed by atoms with Gasteiger partial charge in [-0.2, -0.15) is 0 Å². The molecule has 0 aromatic carbocycles. The van der Waals surface area contributed by atoms with Gasteiger partial charge in [0.15, 0.2) is 0 Å². The molecule has 88 valence electrons. The number of hydrogen-bond acceptors (Lipinski definition) is 6. The van der Waals surface area contributed by atoms with E-state index < -0.39 is 5.97 Å². The first-order valence-corrected chi connectivity index (χ1v) is 6.03. The van der Waals surface area contributed by atoms with E-state index in [1.54, 1.807) is 0 Å². The van der Waals surface area contributed by atoms with Gasteiger partial charge in [0.25, 0.3) is 0 Å². The molecule has 0 amide bonds. The fourth-order valence-corrected chi connectivity index (χ4v) is 1.75. The highest BCUT2D eigenvalue weighted by Crippen LogP contribution is 2.25. The Kier molecular flexibility index (Phi) is 4.12. The average molecular weight is 241 g/mol. The maximum Gasteiger partial charge on any atom is 0.344 e. The molecule has 0 radical (unpaired) electrons. The number of anilines is 1. The number of carbonyl (C=O) groups excluding carboxylic acids is 1. The maximum absolute atomic E-state index is 11.5. The summed E-state index contributed by atoms with van der Waals surface area (Å²) in [7, 11) is 1.31. The minimum absolute atomic E-state index is 0.167. The highest BCUT2D eigenvalue weighted by molar-refractivity contribution is 7.98. The van der Waals surface area contributed by atoms with Crippen LogP contribution in [0.1, 0.15) is 35.9 Å². The SMILES string of the molecule is COC(=O)c1c(N)nc(C(C)C)nc1SC. The third-order valence-electron chi connectivity index (χ3n) is 2.02. The fraction of sp³-hybridized carbons (Fsp3) is 0.500. The summed E-state index contributed by atoms with van der Waals surface area (Å²) in [6.07, 6.45) is 1.83. The molecule has 1 aromatic rings. The van der Waals surface area contributed by atoms with Crippen LogP contribution in [-0.2, 0) is 4.74 Å². The van der Waals surface area contributed by atoms with Gasteiger partial charge in [-0.25, -0.2) is 14.8 Å². The Labute approximate surface area is 98.8 Å². The summed E-state index contributed by atoms with van der Waals surface area (Å²) in [5.41, 5.74) is 6.00. The first-order chi connectivity index (χ1) is 7.51. The van der Waals surface area contributed by atoms with Crippen LogP contribution in [0, 0.1) is 0 Å². The van der Waals surface area contributed by atoms with Gasteiger partial charge in [0.1, 0.15) is 22.2 Å². The average Bonchev–Trinajstić information content (AvgIpc) is 2.26. The first-order valence-electron chi connectivity index (χ1n) is 4.81. The number of methoxy groups -OCH3 is 1. The fourth-order valence-electron chi connectivity index (χ4n) is 1.17. The summed E-state index contributed by atoms with van der Waals surface area (Å²) >= 11 is 1.35. The summed E-state index contributed by atoms with van der Waals surface area (Å²) < 4.78 is 4.65. The molecule has 5 nitrogen and oxygen atoms in total. The summed E-state index contributed by atoms with van der Waals surface area (Å²) in [5.74, 6) is 0.474. The predicted octanol–water partition coefficient (Wildman–Crippen LogP) is 1.69. The van der Waals surface area contributed by atoms with Crippen molar-refractivity contribution in [2.45, 2.75) is 24.8 Å². The van der Waals surface area contributed by atoms with Crippen molar-refractivity contribution in [1.29, 1.82) is 0 Å². The topological polar surface area (TPSA) is 78.1 Å². The number of carbonyl (C=O) groups is 1. The van der Waals surface area contributed by atoms with Gasteiger partial charge in [-0.15, -0.1) is 11.8 Å². The van der Waals surface area contributed by atoms with Crippen LogP contribution in [0.25, 0.3) is 0 Å². The summed E-state index contributed by atoms with van der Waals surface area (Å²) in [5, 5.41) is 0.558. The Balaban J connectivity index is 3.34. The first kappa shape index (κ1) is 12.8. The van der Waals surface area contributed by atoms with E-state index in [1.807, 2.05) is 20.1 Å². The molecular weight excluding hydrogens is 226 g/mol. The molecule has 0 atom stereocenters. The molecule has 0 fully saturated rings. The molecule has 0 saturated heterocycles. The van der Waals surface area contributed by atoms with Gasteiger partial charge >= 0.3 is 5.97 Å². The van der Waals surface area contributed by atoms with Gasteiger partial charge in [0, 0.05) is 5.92 Å². The van der Waals surface area contributed by atoms with Crippen molar-refractivity contribution in [2.75, 3.05) is 19.1 Å². The Hall–Kier alpha value is -1.30. The maximum atomic E-state index is 11.5. The number of aromatic nitrogens is 2. The number of thioether (sulfide) groups is 1. The Morgan fingerprint density at radius 2 is 2.06 bits per heavy atom. The molecule has 0 aliphatic rings. The number of ether oxygens (including phenoxy) is 1. The minimum atomic E-state index is -0.503. The Morgan fingerprint density at radius 1 is 1.44 bits per heavy atom. The van der Waals surface area contributed by atoms with E-state index in [1.165, 1.54) is 18.9 Å². The molecule has 0 bridgehead atoms. The van der Waals surface area contributed by atoms with Gasteiger partial charge in [0.05, 0.1) is 7.11 Å². The van der Waals surface area contributed by atoms with E-state index in [4.69, 9.17) is 5.73 Å². The van der Waals surface area contributed by atoms with Crippen LogP contribution < -0.4 is 5.73 Å². The number of rotatable bonds is 3. The third-order valence-corrected chi connectivity index (χ3v) is 2.70. The lowest BCUT2D eigenvalue weighted by molar-refractivity contribution is 0.0596. The predicted molar refractivity (Wildman–Crippen MR) is 63.7 cm³/mol. The van der Waals surface area contributed by atoms with Crippen LogP contribution in [0.3, 0.4) is 0 Å². The Morgan fingerprint density at radius 3 is 2.50 bits per heavy atom. The van der Waals surface area contributed by atoms with E-state index in [-0.39, 0.29) is 17.3 Å². The molecule has 0 saturated carbocycles. The minimum Gasteiger partial charge on any atom is -0.465 e. The molecule has 1 rings (SSSR count). The van der Waals surface area contributed by atoms with Crippen molar-refractivity contribution >= 4 is 23.5 Å². The van der Waals surface area contributed by atoms with Crippen molar-refractivity contribution in [3.8, 4) is 0 Å². The number of nitrogens with two attached hydrogens (primary N) is 1. The molecule has 0 unspecified atom stereocenters. The summed E-state index contributed by atoms with van der Waals surface area (Å²) in [4.78, 5) is 19.9. The largest absolute Gasteiger partial charge is 0.465 e. The van der Waals surface area contributed by atoms with Crippen molar-refractivity contribution in [2.24, 2.45) is 0 Å². The van der Waals surface area contributed by atoms with Crippen LogP contribution in [0.5, 0.6) is 0 Å². The number of esters is 1. The zero-order chi connectivity index (χ0) is 12.3. The van der Waals surface area contributed by atoms with E-state index in [9.17, 15) is 4.79 Å². The van der Waals surface area contributed by atoms with E-state index >= 15 is 0 Å². The zero-order valence-corrected chi connectivity index (χ0v) is 10.6. The van der Waals surface area contributed by atoms with Crippen molar-refractivity contribution in [1.82, 2.24) is 9.97 Å². The molecule has 1 aromatic heterocycles. The van der Waals surface area contributed by atoms with Crippen molar-refractivity contribution < 1.29 is 9.53 Å².